The van der Waals surface area contributed by atoms with Crippen LogP contribution in [-0.2, 0) is 11.3 Å². The second-order valence-electron chi connectivity index (χ2n) is 5.13. The summed E-state index contributed by atoms with van der Waals surface area (Å²) in [5.74, 6) is 0.672. The number of carbonyl (C=O) groups excluding carboxylic acids is 2. The number of amides is 2. The monoisotopic (exact) mass is 275 g/mol. The van der Waals surface area contributed by atoms with Crippen molar-refractivity contribution in [2.24, 2.45) is 5.92 Å². The van der Waals surface area contributed by atoms with E-state index < -0.39 is 0 Å². The van der Waals surface area contributed by atoms with Crippen molar-refractivity contribution in [3.63, 3.8) is 0 Å². The van der Waals surface area contributed by atoms with Crippen LogP contribution in [0, 0.1) is 5.92 Å². The summed E-state index contributed by atoms with van der Waals surface area (Å²) in [5.41, 5.74) is 1.60. The minimum Gasteiger partial charge on any atom is -0.355 e. The van der Waals surface area contributed by atoms with Crippen LogP contribution in [0.3, 0.4) is 0 Å². The van der Waals surface area contributed by atoms with Crippen LogP contribution in [0.1, 0.15) is 28.8 Å². The molecule has 0 heterocycles. The Morgan fingerprint density at radius 1 is 1.20 bits per heavy atom. The van der Waals surface area contributed by atoms with Gasteiger partial charge in [-0.15, -0.1) is 0 Å². The van der Waals surface area contributed by atoms with Crippen LogP contribution in [0.5, 0.6) is 0 Å². The fourth-order valence-corrected chi connectivity index (χ4v) is 1.89. The Morgan fingerprint density at radius 2 is 1.90 bits per heavy atom. The lowest BCUT2D eigenvalue weighted by atomic mass is 10.1. The van der Waals surface area contributed by atoms with E-state index in [0.717, 1.165) is 18.0 Å². The van der Waals surface area contributed by atoms with Gasteiger partial charge in [-0.25, -0.2) is 0 Å². The van der Waals surface area contributed by atoms with Crippen molar-refractivity contribution in [1.29, 1.82) is 0 Å². The highest BCUT2D eigenvalue weighted by molar-refractivity contribution is 5.93. The van der Waals surface area contributed by atoms with Crippen LogP contribution < -0.4 is 16.0 Å². The fourth-order valence-electron chi connectivity index (χ4n) is 1.89. The predicted molar refractivity (Wildman–Crippen MR) is 77.3 cm³/mol. The van der Waals surface area contributed by atoms with Crippen LogP contribution in [0.2, 0.25) is 0 Å². The molecular weight excluding hydrogens is 254 g/mol. The van der Waals surface area contributed by atoms with Gasteiger partial charge in [0.25, 0.3) is 5.91 Å². The molecule has 1 aliphatic rings. The molecule has 0 aliphatic heterocycles. The number of benzene rings is 1. The number of carbonyl (C=O) groups is 2. The lowest BCUT2D eigenvalue weighted by Gasteiger charge is -2.07. The van der Waals surface area contributed by atoms with Gasteiger partial charge in [0.05, 0.1) is 6.54 Å². The Morgan fingerprint density at radius 3 is 2.50 bits per heavy atom. The molecule has 0 atom stereocenters. The molecule has 0 spiro atoms. The second-order valence-corrected chi connectivity index (χ2v) is 5.13. The molecule has 1 aromatic rings. The first-order chi connectivity index (χ1) is 9.69. The fraction of sp³-hybridized carbons (Fsp3) is 0.467. The van der Waals surface area contributed by atoms with Crippen molar-refractivity contribution in [3.05, 3.63) is 35.4 Å². The quantitative estimate of drug-likeness (QED) is 0.685. The summed E-state index contributed by atoms with van der Waals surface area (Å²) in [6.45, 7) is 1.79. The molecule has 5 nitrogen and oxygen atoms in total. The molecule has 0 bridgehead atoms. The van der Waals surface area contributed by atoms with E-state index in [0.29, 0.717) is 18.7 Å². The summed E-state index contributed by atoms with van der Waals surface area (Å²) in [4.78, 5) is 23.0. The van der Waals surface area contributed by atoms with Gasteiger partial charge in [0.15, 0.2) is 0 Å². The smallest absolute Gasteiger partial charge is 0.251 e. The topological polar surface area (TPSA) is 70.2 Å². The van der Waals surface area contributed by atoms with Crippen molar-refractivity contribution in [2.45, 2.75) is 19.4 Å². The van der Waals surface area contributed by atoms with Gasteiger partial charge in [0.2, 0.25) is 5.91 Å². The van der Waals surface area contributed by atoms with Gasteiger partial charge in [-0.3, -0.25) is 9.59 Å². The van der Waals surface area contributed by atoms with Crippen molar-refractivity contribution < 1.29 is 9.59 Å². The summed E-state index contributed by atoms with van der Waals surface area (Å²) >= 11 is 0. The van der Waals surface area contributed by atoms with E-state index >= 15 is 0 Å². The van der Waals surface area contributed by atoms with Gasteiger partial charge in [-0.2, -0.15) is 0 Å². The molecule has 2 rings (SSSR count). The summed E-state index contributed by atoms with van der Waals surface area (Å²) in [7, 11) is 1.60. The predicted octanol–water partition coefficient (Wildman–Crippen LogP) is 0.662. The molecule has 1 saturated carbocycles. The molecule has 1 aliphatic carbocycles. The molecule has 0 saturated heterocycles. The number of hydrogen-bond donors (Lipinski definition) is 3. The molecule has 0 radical (unpaired) electrons. The summed E-state index contributed by atoms with van der Waals surface area (Å²) in [5, 5.41) is 8.58. The Kier molecular flexibility index (Phi) is 5.12. The Hall–Kier alpha value is -1.88. The Balaban J connectivity index is 1.69. The zero-order chi connectivity index (χ0) is 14.4. The molecule has 20 heavy (non-hydrogen) atoms. The molecule has 1 fully saturated rings. The van der Waals surface area contributed by atoms with Crippen LogP contribution in [-0.4, -0.2) is 32.0 Å². The largest absolute Gasteiger partial charge is 0.355 e. The van der Waals surface area contributed by atoms with Crippen LogP contribution in [0.4, 0.5) is 0 Å². The molecule has 0 unspecified atom stereocenters. The summed E-state index contributed by atoms with van der Waals surface area (Å²) in [6.07, 6.45) is 2.57. The zero-order valence-corrected chi connectivity index (χ0v) is 11.7. The van der Waals surface area contributed by atoms with Crippen molar-refractivity contribution in [3.8, 4) is 0 Å². The SMILES string of the molecule is CNC(=O)c1ccc(CNC(=O)CNCC2CC2)cc1. The van der Waals surface area contributed by atoms with E-state index in [-0.39, 0.29) is 11.8 Å². The van der Waals surface area contributed by atoms with E-state index in [1.807, 2.05) is 12.1 Å². The van der Waals surface area contributed by atoms with Crippen LogP contribution >= 0.6 is 0 Å². The first kappa shape index (κ1) is 14.5. The highest BCUT2D eigenvalue weighted by atomic mass is 16.2. The first-order valence-electron chi connectivity index (χ1n) is 6.97. The summed E-state index contributed by atoms with van der Waals surface area (Å²) in [6, 6.07) is 7.21. The number of nitrogens with one attached hydrogen (secondary N) is 3. The van der Waals surface area contributed by atoms with E-state index in [9.17, 15) is 9.59 Å². The lowest BCUT2D eigenvalue weighted by Crippen LogP contribution is -2.34. The van der Waals surface area contributed by atoms with Crippen LogP contribution in [0.15, 0.2) is 24.3 Å². The van der Waals surface area contributed by atoms with Crippen molar-refractivity contribution in [2.75, 3.05) is 20.1 Å². The summed E-state index contributed by atoms with van der Waals surface area (Å²) < 4.78 is 0. The first-order valence-corrected chi connectivity index (χ1v) is 6.97. The highest BCUT2D eigenvalue weighted by Crippen LogP contribution is 2.27. The van der Waals surface area contributed by atoms with Gasteiger partial charge >= 0.3 is 0 Å². The van der Waals surface area contributed by atoms with E-state index in [2.05, 4.69) is 16.0 Å². The number of rotatable bonds is 7. The van der Waals surface area contributed by atoms with Gasteiger partial charge in [-0.05, 0) is 43.0 Å². The Labute approximate surface area is 119 Å². The van der Waals surface area contributed by atoms with Crippen molar-refractivity contribution >= 4 is 11.8 Å². The third-order valence-electron chi connectivity index (χ3n) is 3.35. The zero-order valence-electron chi connectivity index (χ0n) is 11.7. The third-order valence-corrected chi connectivity index (χ3v) is 3.35. The molecular formula is C15H21N3O2. The van der Waals surface area contributed by atoms with Crippen molar-refractivity contribution in [1.82, 2.24) is 16.0 Å². The molecule has 0 aromatic heterocycles. The highest BCUT2D eigenvalue weighted by Gasteiger charge is 2.20. The van der Waals surface area contributed by atoms with Crippen LogP contribution in [0.25, 0.3) is 0 Å². The van der Waals surface area contributed by atoms with E-state index in [1.165, 1.54) is 12.8 Å². The molecule has 5 heteroatoms. The van der Waals surface area contributed by atoms with Gasteiger partial charge in [0, 0.05) is 19.2 Å². The van der Waals surface area contributed by atoms with Gasteiger partial charge in [0.1, 0.15) is 0 Å². The van der Waals surface area contributed by atoms with E-state index in [1.54, 1.807) is 19.2 Å². The maximum Gasteiger partial charge on any atom is 0.251 e. The average Bonchev–Trinajstić information content (AvgIpc) is 3.29. The normalized spacial score (nSPS) is 13.8. The minimum absolute atomic E-state index is 0.000952. The molecule has 1 aromatic carbocycles. The van der Waals surface area contributed by atoms with Gasteiger partial charge in [-0.1, -0.05) is 12.1 Å². The van der Waals surface area contributed by atoms with Gasteiger partial charge < -0.3 is 16.0 Å². The number of hydrogen-bond acceptors (Lipinski definition) is 3. The maximum absolute atomic E-state index is 11.6. The van der Waals surface area contributed by atoms with E-state index in [4.69, 9.17) is 0 Å². The third kappa shape index (κ3) is 4.66. The average molecular weight is 275 g/mol. The minimum atomic E-state index is -0.107. The Bertz CT molecular complexity index is 467. The molecule has 2 amide bonds. The molecule has 3 N–H and O–H groups in total. The second kappa shape index (κ2) is 7.05. The molecule has 108 valence electrons. The standard InChI is InChI=1S/C15H21N3O2/c1-16-15(20)13-6-4-12(5-7-13)9-18-14(19)10-17-8-11-2-3-11/h4-7,11,17H,2-3,8-10H2,1H3,(H,16,20)(H,18,19). The lowest BCUT2D eigenvalue weighted by molar-refractivity contribution is -0.120. The maximum atomic E-state index is 11.6.